The molecule has 0 unspecified atom stereocenters. The van der Waals surface area contributed by atoms with E-state index in [2.05, 4.69) is 4.72 Å². The molecule has 0 atom stereocenters. The molecule has 19 heavy (non-hydrogen) atoms. The smallest absolute Gasteiger partial charge is 0.243 e. The predicted octanol–water partition coefficient (Wildman–Crippen LogP) is 2.40. The summed E-state index contributed by atoms with van der Waals surface area (Å²) in [5.74, 6) is -0.842. The molecule has 0 aromatic heterocycles. The molecule has 0 saturated heterocycles. The van der Waals surface area contributed by atoms with Crippen LogP contribution in [0.2, 0.25) is 5.02 Å². The molecule has 1 rings (SSSR count). The largest absolute Gasteiger partial charge is 0.326 e. The molecule has 0 saturated carbocycles. The Kier molecular flexibility index (Phi) is 5.73. The van der Waals surface area contributed by atoms with Gasteiger partial charge in [0.1, 0.15) is 10.7 Å². The molecule has 0 fully saturated rings. The van der Waals surface area contributed by atoms with Crippen LogP contribution in [0.1, 0.15) is 32.3 Å². The zero-order valence-corrected chi connectivity index (χ0v) is 12.5. The minimum Gasteiger partial charge on any atom is -0.326 e. The van der Waals surface area contributed by atoms with Crippen molar-refractivity contribution in [1.82, 2.24) is 4.72 Å². The van der Waals surface area contributed by atoms with Gasteiger partial charge in [-0.2, -0.15) is 0 Å². The molecule has 1 aromatic carbocycles. The number of nitrogens with one attached hydrogen (secondary N) is 1. The van der Waals surface area contributed by atoms with Crippen molar-refractivity contribution in [2.24, 2.45) is 5.73 Å². The van der Waals surface area contributed by atoms with Crippen LogP contribution in [0.3, 0.4) is 0 Å². The molecule has 0 aliphatic rings. The molecule has 1 aromatic rings. The summed E-state index contributed by atoms with van der Waals surface area (Å²) in [5.41, 5.74) is 5.45. The zero-order valence-electron chi connectivity index (χ0n) is 10.9. The van der Waals surface area contributed by atoms with Gasteiger partial charge in [-0.25, -0.2) is 17.5 Å². The van der Waals surface area contributed by atoms with Gasteiger partial charge in [0.15, 0.2) is 0 Å². The summed E-state index contributed by atoms with van der Waals surface area (Å²) in [7, 11) is -3.93. The summed E-state index contributed by atoms with van der Waals surface area (Å²) in [6.45, 7) is 3.60. The van der Waals surface area contributed by atoms with Crippen LogP contribution in [0.15, 0.2) is 17.0 Å². The third kappa shape index (κ3) is 3.89. The highest BCUT2D eigenvalue weighted by atomic mass is 35.5. The van der Waals surface area contributed by atoms with Crippen molar-refractivity contribution < 1.29 is 12.8 Å². The topological polar surface area (TPSA) is 72.2 Å². The summed E-state index contributed by atoms with van der Waals surface area (Å²) in [6, 6.07) is 2.19. The first-order chi connectivity index (χ1) is 8.85. The summed E-state index contributed by atoms with van der Waals surface area (Å²) in [5, 5.41) is 0.145. The fourth-order valence-corrected chi connectivity index (χ4v) is 3.55. The van der Waals surface area contributed by atoms with Crippen LogP contribution < -0.4 is 10.5 Å². The van der Waals surface area contributed by atoms with E-state index in [1.165, 1.54) is 6.07 Å². The summed E-state index contributed by atoms with van der Waals surface area (Å²) in [6.07, 6.45) is 1.25. The van der Waals surface area contributed by atoms with Gasteiger partial charge in [-0.1, -0.05) is 25.4 Å². The Bertz CT molecular complexity index is 545. The maximum Gasteiger partial charge on any atom is 0.243 e. The third-order valence-electron chi connectivity index (χ3n) is 2.90. The molecule has 0 amide bonds. The van der Waals surface area contributed by atoms with Crippen molar-refractivity contribution in [3.63, 3.8) is 0 Å². The molecule has 7 heteroatoms. The number of halogens is 2. The second-order valence-corrected chi connectivity index (χ2v) is 6.33. The molecule has 0 radical (unpaired) electrons. The van der Waals surface area contributed by atoms with Gasteiger partial charge in [0.25, 0.3) is 0 Å². The standard InChI is InChI=1S/C12H18ClFN2O2S/c1-3-10(4-2)16-19(17,18)11-6-9(13)5-8(7-15)12(11)14/h5-6,10,16H,3-4,7,15H2,1-2H3. The van der Waals surface area contributed by atoms with Crippen molar-refractivity contribution in [2.45, 2.75) is 44.2 Å². The van der Waals surface area contributed by atoms with Gasteiger partial charge in [0, 0.05) is 23.2 Å². The van der Waals surface area contributed by atoms with Crippen molar-refractivity contribution in [1.29, 1.82) is 0 Å². The van der Waals surface area contributed by atoms with Crippen LogP contribution >= 0.6 is 11.6 Å². The molecule has 0 heterocycles. The van der Waals surface area contributed by atoms with E-state index in [1.807, 2.05) is 13.8 Å². The van der Waals surface area contributed by atoms with E-state index in [4.69, 9.17) is 17.3 Å². The summed E-state index contributed by atoms with van der Waals surface area (Å²) >= 11 is 5.80. The van der Waals surface area contributed by atoms with Crippen LogP contribution in [0.25, 0.3) is 0 Å². The highest BCUT2D eigenvalue weighted by Crippen LogP contribution is 2.24. The number of benzene rings is 1. The molecule has 0 aliphatic carbocycles. The van der Waals surface area contributed by atoms with Crippen LogP contribution in [0.5, 0.6) is 0 Å². The minimum absolute atomic E-state index is 0.0809. The molecule has 0 bridgehead atoms. The normalized spacial score (nSPS) is 12.1. The first-order valence-electron chi connectivity index (χ1n) is 6.06. The molecule has 4 nitrogen and oxygen atoms in total. The average molecular weight is 309 g/mol. The van der Waals surface area contributed by atoms with Gasteiger partial charge in [-0.15, -0.1) is 0 Å². The van der Waals surface area contributed by atoms with Gasteiger partial charge < -0.3 is 5.73 Å². The Labute approximate surface area is 118 Å². The first-order valence-corrected chi connectivity index (χ1v) is 7.92. The molecular formula is C12H18ClFN2O2S. The SMILES string of the molecule is CCC(CC)NS(=O)(=O)c1cc(Cl)cc(CN)c1F. The Hall–Kier alpha value is -0.690. The Balaban J connectivity index is 3.25. The summed E-state index contributed by atoms with van der Waals surface area (Å²) in [4.78, 5) is -0.452. The van der Waals surface area contributed by atoms with Gasteiger partial charge >= 0.3 is 0 Å². The van der Waals surface area contributed by atoms with Crippen LogP contribution in [0.4, 0.5) is 4.39 Å². The van der Waals surface area contributed by atoms with Gasteiger partial charge in [0.05, 0.1) is 0 Å². The average Bonchev–Trinajstić information content (AvgIpc) is 2.38. The number of sulfonamides is 1. The summed E-state index contributed by atoms with van der Waals surface area (Å²) < 4.78 is 40.8. The molecule has 108 valence electrons. The van der Waals surface area contributed by atoms with Crippen LogP contribution in [-0.4, -0.2) is 14.5 Å². The van der Waals surface area contributed by atoms with E-state index >= 15 is 0 Å². The Morgan fingerprint density at radius 2 is 1.95 bits per heavy atom. The molecular weight excluding hydrogens is 291 g/mol. The minimum atomic E-state index is -3.93. The molecule has 3 N–H and O–H groups in total. The highest BCUT2D eigenvalue weighted by Gasteiger charge is 2.24. The van der Waals surface area contributed by atoms with Gasteiger partial charge in [-0.05, 0) is 25.0 Å². The van der Waals surface area contributed by atoms with Crippen LogP contribution in [-0.2, 0) is 16.6 Å². The highest BCUT2D eigenvalue weighted by molar-refractivity contribution is 7.89. The molecule has 0 spiro atoms. The van der Waals surface area contributed by atoms with Crippen LogP contribution in [0, 0.1) is 5.82 Å². The number of nitrogens with two attached hydrogens (primary N) is 1. The lowest BCUT2D eigenvalue weighted by Crippen LogP contribution is -2.34. The van der Waals surface area contributed by atoms with Crippen molar-refractivity contribution in [2.75, 3.05) is 0 Å². The second kappa shape index (κ2) is 6.65. The first kappa shape index (κ1) is 16.4. The maximum absolute atomic E-state index is 14.0. The predicted molar refractivity (Wildman–Crippen MR) is 74.0 cm³/mol. The van der Waals surface area contributed by atoms with E-state index in [1.54, 1.807) is 0 Å². The van der Waals surface area contributed by atoms with E-state index in [0.29, 0.717) is 12.8 Å². The quantitative estimate of drug-likeness (QED) is 0.847. The number of hydrogen-bond donors (Lipinski definition) is 2. The zero-order chi connectivity index (χ0) is 14.6. The monoisotopic (exact) mass is 308 g/mol. The fourth-order valence-electron chi connectivity index (χ4n) is 1.70. The Morgan fingerprint density at radius 3 is 2.42 bits per heavy atom. The molecule has 0 aliphatic heterocycles. The second-order valence-electron chi connectivity index (χ2n) is 4.22. The fraction of sp³-hybridized carbons (Fsp3) is 0.500. The number of rotatable bonds is 6. The van der Waals surface area contributed by atoms with Crippen molar-refractivity contribution in [3.8, 4) is 0 Å². The van der Waals surface area contributed by atoms with Crippen molar-refractivity contribution in [3.05, 3.63) is 28.5 Å². The lowest BCUT2D eigenvalue weighted by Gasteiger charge is -2.16. The number of hydrogen-bond acceptors (Lipinski definition) is 3. The third-order valence-corrected chi connectivity index (χ3v) is 4.63. The van der Waals surface area contributed by atoms with E-state index in [0.717, 1.165) is 6.07 Å². The van der Waals surface area contributed by atoms with Gasteiger partial charge in [-0.3, -0.25) is 0 Å². The lowest BCUT2D eigenvalue weighted by molar-refractivity contribution is 0.518. The van der Waals surface area contributed by atoms with E-state index in [9.17, 15) is 12.8 Å². The van der Waals surface area contributed by atoms with E-state index in [-0.39, 0.29) is 23.2 Å². The van der Waals surface area contributed by atoms with Gasteiger partial charge in [0.2, 0.25) is 10.0 Å². The van der Waals surface area contributed by atoms with E-state index < -0.39 is 20.7 Å². The van der Waals surface area contributed by atoms with Crippen molar-refractivity contribution >= 4 is 21.6 Å². The maximum atomic E-state index is 14.0. The lowest BCUT2D eigenvalue weighted by atomic mass is 10.2. The Morgan fingerprint density at radius 1 is 1.37 bits per heavy atom.